The first kappa shape index (κ1) is 18.8. The number of benzene rings is 1. The highest BCUT2D eigenvalue weighted by Gasteiger charge is 2.33. The Hall–Kier alpha value is -1.50. The van der Waals surface area contributed by atoms with Gasteiger partial charge in [0, 0.05) is 20.0 Å². The lowest BCUT2D eigenvalue weighted by molar-refractivity contribution is -0.159. The van der Waals surface area contributed by atoms with Crippen molar-refractivity contribution in [3.63, 3.8) is 0 Å². The van der Waals surface area contributed by atoms with Gasteiger partial charge in [0.05, 0.1) is 14.2 Å². The van der Waals surface area contributed by atoms with Crippen LogP contribution in [0.3, 0.4) is 0 Å². The molecule has 4 nitrogen and oxygen atoms in total. The average Bonchev–Trinajstić information content (AvgIpc) is 3.13. The van der Waals surface area contributed by atoms with Crippen LogP contribution >= 0.6 is 34.7 Å². The van der Waals surface area contributed by atoms with Gasteiger partial charge in [0.2, 0.25) is 0 Å². The molecule has 0 spiro atoms. The third-order valence-electron chi connectivity index (χ3n) is 3.37. The minimum Gasteiger partial charge on any atom is -0.468 e. The van der Waals surface area contributed by atoms with Crippen LogP contribution in [0.4, 0.5) is 0 Å². The van der Waals surface area contributed by atoms with Crippen LogP contribution in [-0.2, 0) is 19.1 Å². The second kappa shape index (κ2) is 9.11. The molecule has 0 aliphatic heterocycles. The van der Waals surface area contributed by atoms with Crippen LogP contribution in [0.5, 0.6) is 0 Å². The lowest BCUT2D eigenvalue weighted by atomic mass is 10.0. The zero-order valence-corrected chi connectivity index (χ0v) is 15.6. The number of hydrogen-bond acceptors (Lipinski definition) is 6. The molecule has 1 heterocycles. The van der Waals surface area contributed by atoms with E-state index in [1.165, 1.54) is 14.2 Å². The van der Waals surface area contributed by atoms with Crippen LogP contribution in [0.2, 0.25) is 5.02 Å². The molecule has 0 fully saturated rings. The molecular weight excluding hydrogens is 368 g/mol. The highest BCUT2D eigenvalue weighted by molar-refractivity contribution is 7.99. The molecule has 0 saturated heterocycles. The highest BCUT2D eigenvalue weighted by Crippen LogP contribution is 2.42. The van der Waals surface area contributed by atoms with Crippen molar-refractivity contribution in [3.8, 4) is 0 Å². The Morgan fingerprint density at radius 3 is 2.25 bits per heavy atom. The largest absolute Gasteiger partial charge is 0.468 e. The van der Waals surface area contributed by atoms with Gasteiger partial charge in [-0.2, -0.15) is 0 Å². The molecule has 1 atom stereocenters. The quantitative estimate of drug-likeness (QED) is 0.397. The molecule has 0 N–H and O–H groups in total. The van der Waals surface area contributed by atoms with E-state index >= 15 is 0 Å². The third kappa shape index (κ3) is 5.00. The number of halogens is 1. The summed E-state index contributed by atoms with van der Waals surface area (Å²) in [6.07, 6.45) is 0.299. The van der Waals surface area contributed by atoms with Gasteiger partial charge in [-0.1, -0.05) is 17.7 Å². The molecular formula is C17H17ClO4S2. The Kier molecular flexibility index (Phi) is 7.15. The Bertz CT molecular complexity index is 654. The van der Waals surface area contributed by atoms with E-state index in [0.29, 0.717) is 11.4 Å². The maximum Gasteiger partial charge on any atom is 0.320 e. The van der Waals surface area contributed by atoms with Crippen molar-refractivity contribution >= 4 is 46.6 Å². The van der Waals surface area contributed by atoms with E-state index in [1.54, 1.807) is 23.1 Å². The SMILES string of the molecule is COC(=O)C(CC(Sc1ccc(Cl)cc1)c1cccs1)C(=O)OC. The van der Waals surface area contributed by atoms with Crippen molar-refractivity contribution in [1.29, 1.82) is 0 Å². The fourth-order valence-corrected chi connectivity index (χ4v) is 4.42. The molecule has 0 amide bonds. The smallest absolute Gasteiger partial charge is 0.320 e. The number of ether oxygens (including phenoxy) is 2. The molecule has 0 radical (unpaired) electrons. The Morgan fingerprint density at radius 1 is 1.12 bits per heavy atom. The lowest BCUT2D eigenvalue weighted by Crippen LogP contribution is -2.27. The molecule has 128 valence electrons. The van der Waals surface area contributed by atoms with Gasteiger partial charge in [-0.15, -0.1) is 23.1 Å². The molecule has 1 unspecified atom stereocenters. The first-order valence-electron chi connectivity index (χ1n) is 7.16. The van der Waals surface area contributed by atoms with E-state index in [0.717, 1.165) is 9.77 Å². The molecule has 0 aliphatic carbocycles. The molecule has 2 aromatic rings. The summed E-state index contributed by atoms with van der Waals surface area (Å²) in [6, 6.07) is 11.4. The first-order valence-corrected chi connectivity index (χ1v) is 9.30. The Morgan fingerprint density at radius 2 is 1.75 bits per heavy atom. The maximum atomic E-state index is 12.0. The number of thioether (sulfide) groups is 1. The minimum absolute atomic E-state index is 0.0747. The molecule has 0 aliphatic rings. The van der Waals surface area contributed by atoms with E-state index in [4.69, 9.17) is 21.1 Å². The van der Waals surface area contributed by atoms with Crippen molar-refractivity contribution in [1.82, 2.24) is 0 Å². The topological polar surface area (TPSA) is 52.6 Å². The van der Waals surface area contributed by atoms with Crippen molar-refractivity contribution in [3.05, 3.63) is 51.7 Å². The Balaban J connectivity index is 2.23. The van der Waals surface area contributed by atoms with Gasteiger partial charge < -0.3 is 9.47 Å². The minimum atomic E-state index is -0.952. The fourth-order valence-electron chi connectivity index (χ4n) is 2.16. The van der Waals surface area contributed by atoms with Gasteiger partial charge in [0.25, 0.3) is 0 Å². The number of rotatable bonds is 7. The summed E-state index contributed by atoms with van der Waals surface area (Å²) in [6.45, 7) is 0. The van der Waals surface area contributed by atoms with Crippen molar-refractivity contribution < 1.29 is 19.1 Å². The standard InChI is InChI=1S/C17H17ClO4S2/c1-21-16(19)13(17(20)22-2)10-15(14-4-3-9-23-14)24-12-7-5-11(18)6-8-12/h3-9,13,15H,10H2,1-2H3. The van der Waals surface area contributed by atoms with Gasteiger partial charge in [-0.25, -0.2) is 0 Å². The van der Waals surface area contributed by atoms with Crippen molar-refractivity contribution in [2.75, 3.05) is 14.2 Å². The molecule has 0 bridgehead atoms. The lowest BCUT2D eigenvalue weighted by Gasteiger charge is -2.19. The molecule has 1 aromatic heterocycles. The van der Waals surface area contributed by atoms with Crippen LogP contribution in [0.15, 0.2) is 46.7 Å². The average molecular weight is 385 g/mol. The predicted molar refractivity (Wildman–Crippen MR) is 96.5 cm³/mol. The third-order valence-corrected chi connectivity index (χ3v) is 6.04. The van der Waals surface area contributed by atoms with E-state index in [9.17, 15) is 9.59 Å². The number of thiophene rings is 1. The van der Waals surface area contributed by atoms with Crippen LogP contribution in [0.25, 0.3) is 0 Å². The molecule has 2 rings (SSSR count). The summed E-state index contributed by atoms with van der Waals surface area (Å²) in [5.74, 6) is -2.12. The number of carbonyl (C=O) groups excluding carboxylic acids is 2. The second-order valence-electron chi connectivity index (χ2n) is 4.91. The molecule has 7 heteroatoms. The Labute approximate surface area is 154 Å². The normalized spacial score (nSPS) is 12.0. The van der Waals surface area contributed by atoms with Crippen LogP contribution < -0.4 is 0 Å². The summed E-state index contributed by atoms with van der Waals surface area (Å²) in [7, 11) is 2.54. The van der Waals surface area contributed by atoms with Gasteiger partial charge in [-0.05, 0) is 42.1 Å². The summed E-state index contributed by atoms with van der Waals surface area (Å²) in [5, 5.41) is 2.55. The summed E-state index contributed by atoms with van der Waals surface area (Å²) in [4.78, 5) is 26.0. The van der Waals surface area contributed by atoms with Gasteiger partial charge in [-0.3, -0.25) is 9.59 Å². The monoisotopic (exact) mass is 384 g/mol. The van der Waals surface area contributed by atoms with E-state index in [2.05, 4.69) is 0 Å². The molecule has 1 aromatic carbocycles. The van der Waals surface area contributed by atoms with Gasteiger partial charge >= 0.3 is 11.9 Å². The van der Waals surface area contributed by atoms with E-state index < -0.39 is 17.9 Å². The van der Waals surface area contributed by atoms with E-state index in [-0.39, 0.29) is 5.25 Å². The number of esters is 2. The summed E-state index contributed by atoms with van der Waals surface area (Å²) in [5.41, 5.74) is 0. The summed E-state index contributed by atoms with van der Waals surface area (Å²) >= 11 is 9.08. The number of methoxy groups -OCH3 is 2. The fraction of sp³-hybridized carbons (Fsp3) is 0.294. The maximum absolute atomic E-state index is 12.0. The highest BCUT2D eigenvalue weighted by atomic mass is 35.5. The van der Waals surface area contributed by atoms with Crippen LogP contribution in [0, 0.1) is 5.92 Å². The van der Waals surface area contributed by atoms with Crippen molar-refractivity contribution in [2.24, 2.45) is 5.92 Å². The first-order chi connectivity index (χ1) is 11.5. The zero-order valence-electron chi connectivity index (χ0n) is 13.2. The van der Waals surface area contributed by atoms with Crippen molar-refractivity contribution in [2.45, 2.75) is 16.6 Å². The van der Waals surface area contributed by atoms with E-state index in [1.807, 2.05) is 41.8 Å². The molecule has 0 saturated carbocycles. The van der Waals surface area contributed by atoms with Gasteiger partial charge in [0.1, 0.15) is 0 Å². The number of hydrogen-bond donors (Lipinski definition) is 0. The zero-order chi connectivity index (χ0) is 17.5. The molecule has 24 heavy (non-hydrogen) atoms. The predicted octanol–water partition coefficient (Wildman–Crippen LogP) is 4.59. The second-order valence-corrected chi connectivity index (χ2v) is 7.60. The van der Waals surface area contributed by atoms with Crippen LogP contribution in [0.1, 0.15) is 16.5 Å². The van der Waals surface area contributed by atoms with Crippen LogP contribution in [-0.4, -0.2) is 26.2 Å². The summed E-state index contributed by atoms with van der Waals surface area (Å²) < 4.78 is 9.51. The number of carbonyl (C=O) groups is 2. The van der Waals surface area contributed by atoms with Gasteiger partial charge in [0.15, 0.2) is 5.92 Å².